The number of likely N-dealkylation sites (N-methyl/N-ethyl adjacent to an activating group) is 1. The van der Waals surface area contributed by atoms with Gasteiger partial charge in [-0.2, -0.15) is 8.78 Å². The second-order valence-corrected chi connectivity index (χ2v) is 21.5. The maximum absolute atomic E-state index is 15.2. The Morgan fingerprint density at radius 1 is 0.860 bits per heavy atom. The molecule has 57 heavy (non-hydrogen) atoms. The average Bonchev–Trinajstić information content (AvgIpc) is 3.50. The number of alkyl halides is 2. The third-order valence-corrected chi connectivity index (χ3v) is 16.7. The van der Waals surface area contributed by atoms with Crippen LogP contribution in [0.2, 0.25) is 0 Å². The second kappa shape index (κ2) is 14.9. The molecule has 0 heterocycles. The number of hydrogen-bond donors (Lipinski definition) is 2. The summed E-state index contributed by atoms with van der Waals surface area (Å²) in [5.74, 6) is -5.58. The molecule has 4 fully saturated rings. The number of carbonyl (C=O) groups is 3. The molecule has 2 amide bonds. The Hall–Kier alpha value is -3.07. The highest BCUT2D eigenvalue weighted by atomic mass is 19.3. The summed E-state index contributed by atoms with van der Waals surface area (Å²) in [7, 11) is 3.59. The van der Waals surface area contributed by atoms with Gasteiger partial charge >= 0.3 is 23.7 Å². The minimum atomic E-state index is -4.14. The minimum Gasteiger partial charge on any atom is -0.456 e. The van der Waals surface area contributed by atoms with E-state index >= 15 is 8.78 Å². The lowest BCUT2D eigenvalue weighted by Crippen LogP contribution is -2.66. The molecule has 0 bridgehead atoms. The second-order valence-electron chi connectivity index (χ2n) is 21.5. The molecule has 2 N–H and O–H groups in total. The van der Waals surface area contributed by atoms with Gasteiger partial charge in [-0.1, -0.05) is 65.0 Å². The van der Waals surface area contributed by atoms with Gasteiger partial charge < -0.3 is 20.3 Å². The third-order valence-electron chi connectivity index (χ3n) is 16.7. The average molecular weight is 792 g/mol. The Bertz CT molecular complexity index is 1780. The van der Waals surface area contributed by atoms with Crippen molar-refractivity contribution in [3.63, 3.8) is 0 Å². The monoisotopic (exact) mass is 792 g/mol. The van der Waals surface area contributed by atoms with Crippen LogP contribution >= 0.6 is 0 Å². The topological polar surface area (TPSA) is 87.7 Å². The molecule has 316 valence electrons. The van der Waals surface area contributed by atoms with Crippen molar-refractivity contribution in [3.8, 4) is 0 Å². The number of ether oxygens (including phenoxy) is 1. The molecule has 7 nitrogen and oxygen atoms in total. The number of rotatable bonds is 10. The zero-order chi connectivity index (χ0) is 42.1. The van der Waals surface area contributed by atoms with Crippen molar-refractivity contribution >= 4 is 23.4 Å². The van der Waals surface area contributed by atoms with E-state index in [0.717, 1.165) is 63.4 Å². The first kappa shape index (κ1) is 43.5. The van der Waals surface area contributed by atoms with Crippen molar-refractivity contribution < 1.29 is 27.9 Å². The van der Waals surface area contributed by atoms with Gasteiger partial charge in [-0.15, -0.1) is 0 Å². The fraction of sp³-hybridized carbons (Fsp3) is 0.729. The fourth-order valence-corrected chi connectivity index (χ4v) is 13.8. The number of fused-ring (bicyclic) bond motifs is 7. The summed E-state index contributed by atoms with van der Waals surface area (Å²) in [6.07, 6.45) is 11.7. The maximum Gasteiger partial charge on any atom is 0.400 e. The highest BCUT2D eigenvalue weighted by Crippen LogP contribution is 2.77. The van der Waals surface area contributed by atoms with Crippen molar-refractivity contribution in [1.29, 1.82) is 0 Å². The molecule has 9 heteroatoms. The molecule has 4 saturated carbocycles. The van der Waals surface area contributed by atoms with Crippen molar-refractivity contribution in [2.45, 2.75) is 132 Å². The Morgan fingerprint density at radius 2 is 1.51 bits per heavy atom. The van der Waals surface area contributed by atoms with Gasteiger partial charge in [-0.3, -0.25) is 9.59 Å². The molecule has 5 aliphatic carbocycles. The first-order valence-electron chi connectivity index (χ1n) is 21.6. The summed E-state index contributed by atoms with van der Waals surface area (Å²) >= 11 is 0. The summed E-state index contributed by atoms with van der Waals surface area (Å²) in [4.78, 5) is 40.1. The minimum absolute atomic E-state index is 0.0426. The summed E-state index contributed by atoms with van der Waals surface area (Å²) in [6, 6.07) is 7.99. The molecule has 0 spiro atoms. The van der Waals surface area contributed by atoms with Crippen LogP contribution < -0.4 is 10.6 Å². The molecule has 1 aromatic rings. The van der Waals surface area contributed by atoms with Crippen LogP contribution in [0, 0.1) is 56.7 Å². The number of hydrogen-bond acceptors (Lipinski definition) is 5. The van der Waals surface area contributed by atoms with Crippen LogP contribution in [0.15, 0.2) is 42.5 Å². The Morgan fingerprint density at radius 3 is 2.12 bits per heavy atom. The van der Waals surface area contributed by atoms with E-state index in [4.69, 9.17) is 4.74 Å². The SMILES string of the molecule is C=C(C)[C@@H]1CC[C@]2(CNC(=O)C(F)(F)C(=O)NCCN(C)C)CC[C@]3(C)[C@H](CC[C@@H]4[C@@]5(C)CC=C(c6ccc(C(=O)OC(C)(C)C)cc6)C(C)(C)[C@@H]5CC[C@]43C)[C@@H]12. The Kier molecular flexibility index (Phi) is 11.4. The molecule has 0 saturated heterocycles. The van der Waals surface area contributed by atoms with E-state index in [1.807, 2.05) is 32.9 Å². The quantitative estimate of drug-likeness (QED) is 0.140. The lowest BCUT2D eigenvalue weighted by molar-refractivity contribution is -0.225. The van der Waals surface area contributed by atoms with E-state index in [-0.39, 0.29) is 58.0 Å². The van der Waals surface area contributed by atoms with Crippen molar-refractivity contribution in [2.24, 2.45) is 56.7 Å². The molecule has 0 unspecified atom stereocenters. The first-order chi connectivity index (χ1) is 26.3. The van der Waals surface area contributed by atoms with E-state index in [1.54, 1.807) is 19.0 Å². The molecule has 1 aromatic carbocycles. The highest BCUT2D eigenvalue weighted by molar-refractivity contribution is 6.06. The van der Waals surface area contributed by atoms with Gasteiger partial charge in [0.05, 0.1) is 5.56 Å². The van der Waals surface area contributed by atoms with Gasteiger partial charge in [-0.05, 0) is 180 Å². The summed E-state index contributed by atoms with van der Waals surface area (Å²) in [6.45, 7) is 25.4. The van der Waals surface area contributed by atoms with E-state index in [1.165, 1.54) is 11.1 Å². The van der Waals surface area contributed by atoms with Crippen LogP contribution in [-0.4, -0.2) is 67.9 Å². The van der Waals surface area contributed by atoms with Crippen molar-refractivity contribution in [3.05, 3.63) is 53.6 Å². The van der Waals surface area contributed by atoms with Gasteiger partial charge in [0.1, 0.15) is 5.60 Å². The zero-order valence-corrected chi connectivity index (χ0v) is 36.8. The first-order valence-corrected chi connectivity index (χ1v) is 21.6. The summed E-state index contributed by atoms with van der Waals surface area (Å²) < 4.78 is 36.0. The van der Waals surface area contributed by atoms with E-state index in [2.05, 4.69) is 77.0 Å². The molecule has 0 aliphatic heterocycles. The predicted octanol–water partition coefficient (Wildman–Crippen LogP) is 9.72. The predicted molar refractivity (Wildman–Crippen MR) is 223 cm³/mol. The van der Waals surface area contributed by atoms with Gasteiger partial charge in [0.2, 0.25) is 0 Å². The number of benzene rings is 1. The highest BCUT2D eigenvalue weighted by Gasteiger charge is 2.70. The number of allylic oxidation sites excluding steroid dienone is 3. The fourth-order valence-electron chi connectivity index (χ4n) is 13.8. The number of esters is 1. The summed E-state index contributed by atoms with van der Waals surface area (Å²) in [5, 5.41) is 4.88. The van der Waals surface area contributed by atoms with Crippen LogP contribution in [-0.2, 0) is 14.3 Å². The van der Waals surface area contributed by atoms with E-state index in [9.17, 15) is 14.4 Å². The van der Waals surface area contributed by atoms with Crippen molar-refractivity contribution in [2.75, 3.05) is 33.7 Å². The lowest BCUT2D eigenvalue weighted by atomic mass is 9.32. The van der Waals surface area contributed by atoms with Crippen LogP contribution in [0.5, 0.6) is 0 Å². The molecule has 0 aromatic heterocycles. The largest absolute Gasteiger partial charge is 0.456 e. The van der Waals surface area contributed by atoms with E-state index in [0.29, 0.717) is 29.9 Å². The van der Waals surface area contributed by atoms with E-state index < -0.39 is 23.3 Å². The molecule has 0 radical (unpaired) electrons. The molecule has 6 rings (SSSR count). The smallest absolute Gasteiger partial charge is 0.400 e. The number of nitrogens with one attached hydrogen (secondary N) is 2. The van der Waals surface area contributed by atoms with Crippen LogP contribution in [0.1, 0.15) is 136 Å². The normalized spacial score (nSPS) is 35.8. The van der Waals surface area contributed by atoms with Gasteiger partial charge in [-0.25, -0.2) is 4.79 Å². The van der Waals surface area contributed by atoms with Crippen molar-refractivity contribution in [1.82, 2.24) is 15.5 Å². The van der Waals surface area contributed by atoms with Crippen LogP contribution in [0.3, 0.4) is 0 Å². The Balaban J connectivity index is 1.24. The number of nitrogens with zero attached hydrogens (tertiary/aromatic N) is 1. The molecule has 5 aliphatic rings. The summed E-state index contributed by atoms with van der Waals surface area (Å²) in [5.41, 5.74) is 3.56. The van der Waals surface area contributed by atoms with Gasteiger partial charge in [0.15, 0.2) is 0 Å². The number of amides is 2. The standard InChI is InChI=1S/C48H71F2N3O4/c1-30(2)33-19-24-47(29-52-41(56)48(49,50)40(55)51-27-28-53(11)12)26-25-45(9)35(38(33)47)17-18-37-44(8)22-20-34(43(6,7)36(44)21-23-46(37,45)10)31-13-15-32(16-14-31)39(54)57-42(3,4)5/h13-16,20,33,35-38H,1,17-19,21-29H2,2-12H3,(H,51,55)(H,52,56)/t33-,35+,36-,37+,38+,44-,45+,46+,47+/m0/s1. The number of carbonyl (C=O) groups excluding carboxylic acids is 3. The number of halogens is 2. The molecular weight excluding hydrogens is 721 g/mol. The van der Waals surface area contributed by atoms with Crippen LogP contribution in [0.25, 0.3) is 5.57 Å². The lowest BCUT2D eigenvalue weighted by Gasteiger charge is -2.72. The molecule has 9 atom stereocenters. The van der Waals surface area contributed by atoms with Gasteiger partial charge in [0, 0.05) is 19.6 Å². The third kappa shape index (κ3) is 7.32. The van der Waals surface area contributed by atoms with Crippen LogP contribution in [0.4, 0.5) is 8.78 Å². The zero-order valence-electron chi connectivity index (χ0n) is 36.8. The molecular formula is C48H71F2N3O4. The Labute approximate surface area is 341 Å². The maximum atomic E-state index is 15.2. The van der Waals surface area contributed by atoms with Gasteiger partial charge in [0.25, 0.3) is 0 Å².